The van der Waals surface area contributed by atoms with Gasteiger partial charge in [0, 0.05) is 5.92 Å². The number of rotatable bonds is 5. The van der Waals surface area contributed by atoms with Crippen LogP contribution in [0.25, 0.3) is 0 Å². The van der Waals surface area contributed by atoms with E-state index in [9.17, 15) is 4.79 Å². The van der Waals surface area contributed by atoms with Crippen LogP contribution in [0.2, 0.25) is 5.02 Å². The molecule has 0 radical (unpaired) electrons. The van der Waals surface area contributed by atoms with E-state index in [0.717, 1.165) is 32.4 Å². The van der Waals surface area contributed by atoms with Gasteiger partial charge in [0.15, 0.2) is 0 Å². The van der Waals surface area contributed by atoms with Gasteiger partial charge in [0.1, 0.15) is 11.9 Å². The van der Waals surface area contributed by atoms with Crippen LogP contribution in [0, 0.1) is 11.3 Å². The molecule has 1 saturated carbocycles. The van der Waals surface area contributed by atoms with Crippen LogP contribution in [0.15, 0.2) is 24.3 Å². The lowest BCUT2D eigenvalue weighted by atomic mass is 9.92. The number of benzene rings is 1. The highest BCUT2D eigenvalue weighted by atomic mass is 35.5. The molecule has 1 saturated heterocycles. The van der Waals surface area contributed by atoms with Crippen molar-refractivity contribution < 1.29 is 9.53 Å². The zero-order chi connectivity index (χ0) is 15.6. The molecule has 1 spiro atoms. The standard InChI is InChI=1S/C17H23ClN2O2/c1-12(22-15-5-3-2-4-14(15)18)11-20-16(21)13-10-17(13)6-8-19-9-7-17/h2-5,12-13,19H,6-11H2,1H3,(H,20,21). The van der Waals surface area contributed by atoms with Crippen molar-refractivity contribution in [3.05, 3.63) is 29.3 Å². The van der Waals surface area contributed by atoms with Crippen LogP contribution in [0.1, 0.15) is 26.2 Å². The number of carbonyl (C=O) groups excluding carboxylic acids is 1. The maximum absolute atomic E-state index is 12.3. The minimum Gasteiger partial charge on any atom is -0.487 e. The molecular weight excluding hydrogens is 300 g/mol. The second-order valence-corrected chi connectivity index (χ2v) is 6.88. The van der Waals surface area contributed by atoms with Gasteiger partial charge in [-0.1, -0.05) is 23.7 Å². The molecule has 3 rings (SSSR count). The van der Waals surface area contributed by atoms with Gasteiger partial charge < -0.3 is 15.4 Å². The smallest absolute Gasteiger partial charge is 0.223 e. The van der Waals surface area contributed by atoms with Crippen LogP contribution in [0.4, 0.5) is 0 Å². The second kappa shape index (κ2) is 6.47. The molecule has 1 aliphatic heterocycles. The molecule has 2 aliphatic rings. The summed E-state index contributed by atoms with van der Waals surface area (Å²) in [6, 6.07) is 7.39. The van der Waals surface area contributed by atoms with Gasteiger partial charge in [-0.25, -0.2) is 0 Å². The van der Waals surface area contributed by atoms with Crippen molar-refractivity contribution in [1.29, 1.82) is 0 Å². The molecule has 1 amide bonds. The van der Waals surface area contributed by atoms with Gasteiger partial charge in [-0.3, -0.25) is 4.79 Å². The van der Waals surface area contributed by atoms with E-state index in [0.29, 0.717) is 17.3 Å². The molecule has 1 aromatic rings. The van der Waals surface area contributed by atoms with E-state index in [-0.39, 0.29) is 23.3 Å². The summed E-state index contributed by atoms with van der Waals surface area (Å²) in [5.41, 5.74) is 0.280. The van der Waals surface area contributed by atoms with E-state index in [1.165, 1.54) is 0 Å². The minimum atomic E-state index is -0.105. The van der Waals surface area contributed by atoms with Crippen LogP contribution in [0.3, 0.4) is 0 Å². The SMILES string of the molecule is CC(CNC(=O)C1CC12CCNCC2)Oc1ccccc1Cl. The maximum Gasteiger partial charge on any atom is 0.223 e. The molecule has 2 N–H and O–H groups in total. The van der Waals surface area contributed by atoms with E-state index in [4.69, 9.17) is 16.3 Å². The Labute approximate surface area is 136 Å². The third kappa shape index (κ3) is 3.39. The molecule has 0 aromatic heterocycles. The summed E-state index contributed by atoms with van der Waals surface area (Å²) in [5, 5.41) is 6.98. The van der Waals surface area contributed by atoms with Crippen molar-refractivity contribution in [3.8, 4) is 5.75 Å². The average molecular weight is 323 g/mol. The number of piperidine rings is 1. The summed E-state index contributed by atoms with van der Waals surface area (Å²) >= 11 is 6.07. The van der Waals surface area contributed by atoms with Crippen LogP contribution < -0.4 is 15.4 Å². The van der Waals surface area contributed by atoms with E-state index in [1.54, 1.807) is 6.07 Å². The summed E-state index contributed by atoms with van der Waals surface area (Å²) < 4.78 is 5.78. The van der Waals surface area contributed by atoms with Gasteiger partial charge in [-0.05, 0) is 56.8 Å². The fraction of sp³-hybridized carbons (Fsp3) is 0.588. The number of hydrogen-bond donors (Lipinski definition) is 2. The molecular formula is C17H23ClN2O2. The number of ether oxygens (including phenoxy) is 1. The monoisotopic (exact) mass is 322 g/mol. The molecule has 120 valence electrons. The number of amides is 1. The second-order valence-electron chi connectivity index (χ2n) is 6.47. The highest BCUT2D eigenvalue weighted by Crippen LogP contribution is 2.58. The number of para-hydroxylation sites is 1. The van der Waals surface area contributed by atoms with E-state index >= 15 is 0 Å². The summed E-state index contributed by atoms with van der Waals surface area (Å²) in [7, 11) is 0. The van der Waals surface area contributed by atoms with Gasteiger partial charge in [0.05, 0.1) is 11.6 Å². The van der Waals surface area contributed by atoms with Gasteiger partial charge >= 0.3 is 0 Å². The summed E-state index contributed by atoms with van der Waals surface area (Å²) in [6.45, 7) is 4.53. The molecule has 4 nitrogen and oxygen atoms in total. The average Bonchev–Trinajstić information content (AvgIpc) is 3.21. The van der Waals surface area contributed by atoms with Crippen molar-refractivity contribution in [1.82, 2.24) is 10.6 Å². The van der Waals surface area contributed by atoms with Gasteiger partial charge in [0.25, 0.3) is 0 Å². The van der Waals surface area contributed by atoms with E-state index in [2.05, 4.69) is 10.6 Å². The first-order chi connectivity index (χ1) is 10.6. The lowest BCUT2D eigenvalue weighted by molar-refractivity contribution is -0.123. The molecule has 2 unspecified atom stereocenters. The Kier molecular flexibility index (Phi) is 4.59. The Bertz CT molecular complexity index is 543. The molecule has 5 heteroatoms. The van der Waals surface area contributed by atoms with Crippen LogP contribution >= 0.6 is 11.6 Å². The van der Waals surface area contributed by atoms with Crippen LogP contribution in [-0.2, 0) is 4.79 Å². The minimum absolute atomic E-state index is 0.105. The lowest BCUT2D eigenvalue weighted by Crippen LogP contribution is -2.37. The fourth-order valence-electron chi connectivity index (χ4n) is 3.36. The Morgan fingerprint density at radius 1 is 1.45 bits per heavy atom. The summed E-state index contributed by atoms with van der Waals surface area (Å²) in [5.74, 6) is 1.03. The van der Waals surface area contributed by atoms with Crippen molar-refractivity contribution in [2.75, 3.05) is 19.6 Å². The number of nitrogens with one attached hydrogen (secondary N) is 2. The predicted octanol–water partition coefficient (Wildman–Crippen LogP) is 2.61. The van der Waals surface area contributed by atoms with Gasteiger partial charge in [-0.15, -0.1) is 0 Å². The van der Waals surface area contributed by atoms with E-state index < -0.39 is 0 Å². The zero-order valence-corrected chi connectivity index (χ0v) is 13.7. The number of carbonyl (C=O) groups is 1. The number of halogens is 1. The topological polar surface area (TPSA) is 50.4 Å². The zero-order valence-electron chi connectivity index (χ0n) is 12.9. The Morgan fingerprint density at radius 2 is 2.18 bits per heavy atom. The molecule has 1 heterocycles. The molecule has 22 heavy (non-hydrogen) atoms. The van der Waals surface area contributed by atoms with Crippen molar-refractivity contribution in [2.24, 2.45) is 11.3 Å². The highest BCUT2D eigenvalue weighted by Gasteiger charge is 2.57. The van der Waals surface area contributed by atoms with Crippen LogP contribution in [0.5, 0.6) is 5.75 Å². The molecule has 1 aromatic carbocycles. The van der Waals surface area contributed by atoms with E-state index in [1.807, 2.05) is 25.1 Å². The first-order valence-electron chi connectivity index (χ1n) is 8.00. The summed E-state index contributed by atoms with van der Waals surface area (Å²) in [6.07, 6.45) is 3.18. The van der Waals surface area contributed by atoms with Crippen molar-refractivity contribution in [2.45, 2.75) is 32.3 Å². The van der Waals surface area contributed by atoms with Crippen molar-refractivity contribution >= 4 is 17.5 Å². The molecule has 2 atom stereocenters. The third-order valence-corrected chi connectivity index (χ3v) is 5.15. The largest absolute Gasteiger partial charge is 0.487 e. The Morgan fingerprint density at radius 3 is 2.91 bits per heavy atom. The molecule has 1 aliphatic carbocycles. The van der Waals surface area contributed by atoms with Gasteiger partial charge in [-0.2, -0.15) is 0 Å². The molecule has 0 bridgehead atoms. The van der Waals surface area contributed by atoms with Crippen LogP contribution in [-0.4, -0.2) is 31.6 Å². The Balaban J connectivity index is 1.44. The van der Waals surface area contributed by atoms with Crippen molar-refractivity contribution in [3.63, 3.8) is 0 Å². The lowest BCUT2D eigenvalue weighted by Gasteiger charge is -2.23. The molecule has 2 fully saturated rings. The predicted molar refractivity (Wildman–Crippen MR) is 87.2 cm³/mol. The fourth-order valence-corrected chi connectivity index (χ4v) is 3.54. The number of hydrogen-bond acceptors (Lipinski definition) is 3. The Hall–Kier alpha value is -1.26. The quantitative estimate of drug-likeness (QED) is 0.876. The normalized spacial score (nSPS) is 23.8. The van der Waals surface area contributed by atoms with Gasteiger partial charge in [0.2, 0.25) is 5.91 Å². The summed E-state index contributed by atoms with van der Waals surface area (Å²) in [4.78, 5) is 12.3. The first kappa shape index (κ1) is 15.6. The highest BCUT2D eigenvalue weighted by molar-refractivity contribution is 6.32. The first-order valence-corrected chi connectivity index (χ1v) is 8.38. The third-order valence-electron chi connectivity index (χ3n) is 4.83. The maximum atomic E-state index is 12.3.